The molecule has 10 rings (SSSR count). The van der Waals surface area contributed by atoms with Gasteiger partial charge >= 0.3 is 0 Å². The van der Waals surface area contributed by atoms with Gasteiger partial charge in [0, 0.05) is 53.3 Å². The van der Waals surface area contributed by atoms with Crippen LogP contribution < -0.4 is 0 Å². The highest BCUT2D eigenvalue weighted by Gasteiger charge is 2.17. The standard InChI is InChI=1S/C45H28N4S/c1-3-13-29(14-4-1)43-46-44(30-15-5-2-6-16-30)48-45(47-43)32-25-26-36-35-19-7-9-23-39(35)49(40(36)28-32)33-18-11-17-31(27-33)34-21-12-22-38-37-20-8-10-24-41(37)50-42(34)38/h1-28H. The van der Waals surface area contributed by atoms with Crippen LogP contribution in [0.25, 0.3) is 93.0 Å². The first-order valence-electron chi connectivity index (χ1n) is 16.7. The summed E-state index contributed by atoms with van der Waals surface area (Å²) in [7, 11) is 0. The highest BCUT2D eigenvalue weighted by molar-refractivity contribution is 7.26. The van der Waals surface area contributed by atoms with Crippen molar-refractivity contribution in [2.75, 3.05) is 0 Å². The number of hydrogen-bond donors (Lipinski definition) is 0. The maximum atomic E-state index is 5.03. The molecule has 0 amide bonds. The molecule has 10 aromatic rings. The van der Waals surface area contributed by atoms with Gasteiger partial charge in [-0.05, 0) is 41.5 Å². The van der Waals surface area contributed by atoms with Crippen molar-refractivity contribution in [2.24, 2.45) is 0 Å². The number of nitrogens with zero attached hydrogens (tertiary/aromatic N) is 4. The van der Waals surface area contributed by atoms with Gasteiger partial charge in [0.15, 0.2) is 17.5 Å². The van der Waals surface area contributed by atoms with Gasteiger partial charge in [-0.2, -0.15) is 0 Å². The van der Waals surface area contributed by atoms with E-state index in [1.165, 1.54) is 42.1 Å². The summed E-state index contributed by atoms with van der Waals surface area (Å²) in [6.07, 6.45) is 0. The van der Waals surface area contributed by atoms with Crippen molar-refractivity contribution in [1.82, 2.24) is 19.5 Å². The first-order chi connectivity index (χ1) is 24.8. The Morgan fingerprint density at radius 1 is 0.380 bits per heavy atom. The van der Waals surface area contributed by atoms with Crippen LogP contribution in [-0.2, 0) is 0 Å². The lowest BCUT2D eigenvalue weighted by Gasteiger charge is -2.12. The highest BCUT2D eigenvalue weighted by atomic mass is 32.1. The number of thiophene rings is 1. The third kappa shape index (κ3) is 4.71. The van der Waals surface area contributed by atoms with E-state index in [4.69, 9.17) is 15.0 Å². The molecule has 0 unspecified atom stereocenters. The molecule has 0 bridgehead atoms. The topological polar surface area (TPSA) is 43.6 Å². The summed E-state index contributed by atoms with van der Waals surface area (Å²) in [5, 5.41) is 5.00. The maximum absolute atomic E-state index is 5.03. The Labute approximate surface area is 292 Å². The van der Waals surface area contributed by atoms with Crippen molar-refractivity contribution < 1.29 is 0 Å². The fourth-order valence-corrected chi connectivity index (χ4v) is 8.35. The molecule has 0 atom stereocenters. The molecule has 3 aromatic heterocycles. The van der Waals surface area contributed by atoms with Crippen LogP contribution in [0.3, 0.4) is 0 Å². The molecular formula is C45H28N4S. The van der Waals surface area contributed by atoms with Crippen LogP contribution in [0.4, 0.5) is 0 Å². The molecule has 0 spiro atoms. The van der Waals surface area contributed by atoms with Crippen LogP contribution in [0.1, 0.15) is 0 Å². The smallest absolute Gasteiger partial charge is 0.164 e. The lowest BCUT2D eigenvalue weighted by Crippen LogP contribution is -2.00. The SMILES string of the molecule is c1ccc(-c2nc(-c3ccccc3)nc(-c3ccc4c5ccccc5n(-c5cccc(-c6cccc7c6sc6ccccc67)c5)c4c3)n2)cc1. The molecule has 0 aliphatic carbocycles. The average Bonchev–Trinajstić information content (AvgIpc) is 3.74. The lowest BCUT2D eigenvalue weighted by molar-refractivity contribution is 1.07. The maximum Gasteiger partial charge on any atom is 0.164 e. The Balaban J connectivity index is 1.17. The number of aromatic nitrogens is 4. The van der Waals surface area contributed by atoms with Crippen molar-refractivity contribution in [3.05, 3.63) is 170 Å². The van der Waals surface area contributed by atoms with E-state index < -0.39 is 0 Å². The minimum absolute atomic E-state index is 0.640. The van der Waals surface area contributed by atoms with E-state index in [2.05, 4.69) is 114 Å². The third-order valence-electron chi connectivity index (χ3n) is 9.45. The van der Waals surface area contributed by atoms with Gasteiger partial charge < -0.3 is 4.57 Å². The highest BCUT2D eigenvalue weighted by Crippen LogP contribution is 2.41. The summed E-state index contributed by atoms with van der Waals surface area (Å²) in [5.74, 6) is 1.94. The minimum Gasteiger partial charge on any atom is -0.309 e. The Morgan fingerprint density at radius 2 is 0.960 bits per heavy atom. The van der Waals surface area contributed by atoms with Crippen molar-refractivity contribution in [3.63, 3.8) is 0 Å². The summed E-state index contributed by atoms with van der Waals surface area (Å²) in [4.78, 5) is 15.0. The van der Waals surface area contributed by atoms with Crippen molar-refractivity contribution in [2.45, 2.75) is 0 Å². The molecule has 0 aliphatic rings. The molecule has 0 radical (unpaired) electrons. The van der Waals surface area contributed by atoms with Gasteiger partial charge in [0.05, 0.1) is 11.0 Å². The molecule has 50 heavy (non-hydrogen) atoms. The first-order valence-corrected chi connectivity index (χ1v) is 17.5. The van der Waals surface area contributed by atoms with E-state index in [9.17, 15) is 0 Å². The second-order valence-electron chi connectivity index (χ2n) is 12.5. The summed E-state index contributed by atoms with van der Waals surface area (Å²) in [6, 6.07) is 59.7. The largest absolute Gasteiger partial charge is 0.309 e. The molecule has 0 aliphatic heterocycles. The molecule has 0 saturated carbocycles. The van der Waals surface area contributed by atoms with E-state index in [-0.39, 0.29) is 0 Å². The van der Waals surface area contributed by atoms with Crippen LogP contribution in [-0.4, -0.2) is 19.5 Å². The minimum atomic E-state index is 0.640. The van der Waals surface area contributed by atoms with E-state index in [1.807, 2.05) is 72.0 Å². The number of rotatable bonds is 5. The zero-order valence-corrected chi connectivity index (χ0v) is 27.7. The fraction of sp³-hybridized carbons (Fsp3) is 0. The summed E-state index contributed by atoms with van der Waals surface area (Å²) in [6.45, 7) is 0. The fourth-order valence-electron chi connectivity index (χ4n) is 7.11. The molecule has 5 heteroatoms. The number of hydrogen-bond acceptors (Lipinski definition) is 4. The normalized spacial score (nSPS) is 11.6. The first kappa shape index (κ1) is 28.6. The second-order valence-corrected chi connectivity index (χ2v) is 13.5. The summed E-state index contributed by atoms with van der Waals surface area (Å²) in [5.41, 5.74) is 8.65. The zero-order valence-electron chi connectivity index (χ0n) is 26.9. The second kappa shape index (κ2) is 11.6. The van der Waals surface area contributed by atoms with E-state index in [0.29, 0.717) is 17.5 Å². The molecular weight excluding hydrogens is 629 g/mol. The van der Waals surface area contributed by atoms with Gasteiger partial charge in [-0.25, -0.2) is 15.0 Å². The van der Waals surface area contributed by atoms with Gasteiger partial charge in [-0.15, -0.1) is 11.3 Å². The van der Waals surface area contributed by atoms with Crippen LogP contribution in [0.5, 0.6) is 0 Å². The molecule has 3 heterocycles. The van der Waals surface area contributed by atoms with Gasteiger partial charge in [0.2, 0.25) is 0 Å². The summed E-state index contributed by atoms with van der Waals surface area (Å²) < 4.78 is 5.00. The molecule has 4 nitrogen and oxygen atoms in total. The molecule has 7 aromatic carbocycles. The average molecular weight is 657 g/mol. The van der Waals surface area contributed by atoms with Crippen molar-refractivity contribution in [1.29, 1.82) is 0 Å². The molecule has 0 saturated heterocycles. The van der Waals surface area contributed by atoms with E-state index in [0.717, 1.165) is 33.4 Å². The van der Waals surface area contributed by atoms with Crippen molar-refractivity contribution in [3.8, 4) is 51.0 Å². The van der Waals surface area contributed by atoms with Gasteiger partial charge in [0.1, 0.15) is 0 Å². The van der Waals surface area contributed by atoms with Crippen LogP contribution in [0, 0.1) is 0 Å². The quantitative estimate of drug-likeness (QED) is 0.185. The predicted octanol–water partition coefficient (Wildman–Crippen LogP) is 12.0. The van der Waals surface area contributed by atoms with Gasteiger partial charge in [0.25, 0.3) is 0 Å². The van der Waals surface area contributed by atoms with Crippen LogP contribution in [0.15, 0.2) is 170 Å². The van der Waals surface area contributed by atoms with Crippen LogP contribution >= 0.6 is 11.3 Å². The third-order valence-corrected chi connectivity index (χ3v) is 10.7. The molecule has 0 fully saturated rings. The number of fused-ring (bicyclic) bond motifs is 6. The number of para-hydroxylation sites is 1. The van der Waals surface area contributed by atoms with E-state index >= 15 is 0 Å². The Morgan fingerprint density at radius 3 is 1.72 bits per heavy atom. The Kier molecular flexibility index (Phi) is 6.64. The Hall–Kier alpha value is -6.43. The predicted molar refractivity (Wildman–Crippen MR) is 209 cm³/mol. The van der Waals surface area contributed by atoms with Gasteiger partial charge in [-0.3, -0.25) is 0 Å². The zero-order chi connectivity index (χ0) is 33.0. The molecule has 0 N–H and O–H groups in total. The monoisotopic (exact) mass is 656 g/mol. The van der Waals surface area contributed by atoms with Crippen molar-refractivity contribution >= 4 is 53.3 Å². The molecule has 234 valence electrons. The Bertz CT molecular complexity index is 2810. The number of benzene rings is 7. The summed E-state index contributed by atoms with van der Waals surface area (Å²) >= 11 is 1.86. The van der Waals surface area contributed by atoms with Gasteiger partial charge in [-0.1, -0.05) is 140 Å². The van der Waals surface area contributed by atoms with Crippen LogP contribution in [0.2, 0.25) is 0 Å². The van der Waals surface area contributed by atoms with E-state index in [1.54, 1.807) is 0 Å². The lowest BCUT2D eigenvalue weighted by atomic mass is 10.0.